The highest BCUT2D eigenvalue weighted by molar-refractivity contribution is 6.30. The molecule has 0 aliphatic carbocycles. The summed E-state index contributed by atoms with van der Waals surface area (Å²) in [6.07, 6.45) is 0.651. The van der Waals surface area contributed by atoms with Gasteiger partial charge in [-0.15, -0.1) is 0 Å². The number of carbonyl (C=O) groups is 2. The molecule has 122 valence electrons. The van der Waals surface area contributed by atoms with Gasteiger partial charge in [-0.05, 0) is 37.3 Å². The van der Waals surface area contributed by atoms with Crippen molar-refractivity contribution in [1.29, 1.82) is 0 Å². The van der Waals surface area contributed by atoms with Crippen LogP contribution in [-0.2, 0) is 9.53 Å². The summed E-state index contributed by atoms with van der Waals surface area (Å²) >= 11 is 5.80. The number of fused-ring (bicyclic) bond motifs is 1. The molecule has 1 atom stereocenters. The smallest absolute Gasteiger partial charge is 0.341 e. The molecule has 0 spiro atoms. The first-order chi connectivity index (χ1) is 11.5. The van der Waals surface area contributed by atoms with E-state index in [0.29, 0.717) is 16.3 Å². The molecule has 0 bridgehead atoms. The summed E-state index contributed by atoms with van der Waals surface area (Å²) in [4.78, 5) is 27.4. The number of nitrogens with one attached hydrogen (secondary N) is 2. The van der Waals surface area contributed by atoms with Gasteiger partial charge in [-0.3, -0.25) is 4.79 Å². The average molecular weight is 343 g/mol. The third-order valence-electron chi connectivity index (χ3n) is 3.57. The zero-order valence-corrected chi connectivity index (χ0v) is 13.6. The van der Waals surface area contributed by atoms with Crippen LogP contribution in [-0.4, -0.2) is 23.0 Å². The highest BCUT2D eigenvalue weighted by atomic mass is 35.5. The topological polar surface area (TPSA) is 71.2 Å². The Morgan fingerprint density at radius 1 is 1.12 bits per heavy atom. The molecule has 0 radical (unpaired) electrons. The van der Waals surface area contributed by atoms with Crippen molar-refractivity contribution in [2.45, 2.75) is 13.0 Å². The fourth-order valence-electron chi connectivity index (χ4n) is 2.30. The van der Waals surface area contributed by atoms with Crippen molar-refractivity contribution >= 4 is 40.1 Å². The van der Waals surface area contributed by atoms with E-state index < -0.39 is 18.0 Å². The van der Waals surface area contributed by atoms with E-state index in [1.54, 1.807) is 30.5 Å². The average Bonchev–Trinajstić information content (AvgIpc) is 3.01. The van der Waals surface area contributed by atoms with Crippen molar-refractivity contribution in [3.63, 3.8) is 0 Å². The Bertz CT molecular complexity index is 887. The molecule has 2 aromatic carbocycles. The molecule has 24 heavy (non-hydrogen) atoms. The summed E-state index contributed by atoms with van der Waals surface area (Å²) in [5, 5.41) is 4.01. The first-order valence-corrected chi connectivity index (χ1v) is 7.76. The van der Waals surface area contributed by atoms with E-state index in [9.17, 15) is 9.59 Å². The second-order valence-electron chi connectivity index (χ2n) is 5.29. The number of H-pyrrole nitrogens is 1. The summed E-state index contributed by atoms with van der Waals surface area (Å²) in [5.74, 6) is -0.961. The van der Waals surface area contributed by atoms with Crippen LogP contribution in [0.4, 0.5) is 5.69 Å². The van der Waals surface area contributed by atoms with Crippen LogP contribution in [0.25, 0.3) is 10.9 Å². The molecule has 1 amide bonds. The third-order valence-corrected chi connectivity index (χ3v) is 3.83. The van der Waals surface area contributed by atoms with Gasteiger partial charge >= 0.3 is 5.97 Å². The van der Waals surface area contributed by atoms with Gasteiger partial charge < -0.3 is 15.0 Å². The second kappa shape index (κ2) is 6.76. The van der Waals surface area contributed by atoms with Crippen LogP contribution in [0.3, 0.4) is 0 Å². The van der Waals surface area contributed by atoms with Crippen LogP contribution in [0, 0.1) is 0 Å². The van der Waals surface area contributed by atoms with Crippen LogP contribution in [0.2, 0.25) is 5.02 Å². The molecule has 3 rings (SSSR count). The van der Waals surface area contributed by atoms with E-state index >= 15 is 0 Å². The largest absolute Gasteiger partial charge is 0.449 e. The minimum atomic E-state index is -0.929. The summed E-state index contributed by atoms with van der Waals surface area (Å²) in [6, 6.07) is 14.1. The normalized spacial score (nSPS) is 11.9. The van der Waals surface area contributed by atoms with Crippen LogP contribution >= 0.6 is 11.6 Å². The molecule has 1 heterocycles. The number of esters is 1. The van der Waals surface area contributed by atoms with Gasteiger partial charge in [-0.1, -0.05) is 29.8 Å². The molecular weight excluding hydrogens is 328 g/mol. The van der Waals surface area contributed by atoms with Gasteiger partial charge in [0.15, 0.2) is 6.10 Å². The molecule has 3 aromatic rings. The van der Waals surface area contributed by atoms with Crippen molar-refractivity contribution in [2.75, 3.05) is 5.32 Å². The molecule has 0 fully saturated rings. The van der Waals surface area contributed by atoms with E-state index in [1.165, 1.54) is 6.92 Å². The van der Waals surface area contributed by atoms with Crippen LogP contribution < -0.4 is 5.32 Å². The molecule has 1 aromatic heterocycles. The number of para-hydroxylation sites is 1. The van der Waals surface area contributed by atoms with Gasteiger partial charge in [0.1, 0.15) is 0 Å². The third kappa shape index (κ3) is 3.41. The van der Waals surface area contributed by atoms with Crippen molar-refractivity contribution in [3.8, 4) is 0 Å². The van der Waals surface area contributed by atoms with Gasteiger partial charge in [0.25, 0.3) is 5.91 Å². The molecule has 6 heteroatoms. The number of amides is 1. The maximum atomic E-state index is 12.3. The van der Waals surface area contributed by atoms with Crippen molar-refractivity contribution in [3.05, 3.63) is 65.3 Å². The van der Waals surface area contributed by atoms with E-state index in [4.69, 9.17) is 16.3 Å². The van der Waals surface area contributed by atoms with E-state index in [0.717, 1.165) is 10.9 Å². The Morgan fingerprint density at radius 3 is 2.58 bits per heavy atom. The first-order valence-electron chi connectivity index (χ1n) is 7.38. The summed E-state index contributed by atoms with van der Waals surface area (Å²) in [7, 11) is 0. The molecule has 0 saturated heterocycles. The van der Waals surface area contributed by atoms with Crippen molar-refractivity contribution in [2.24, 2.45) is 0 Å². The first kappa shape index (κ1) is 16.1. The van der Waals surface area contributed by atoms with E-state index in [2.05, 4.69) is 10.3 Å². The van der Waals surface area contributed by atoms with Gasteiger partial charge in [0, 0.05) is 27.8 Å². The number of aromatic amines is 1. The predicted octanol–water partition coefficient (Wildman–Crippen LogP) is 4.01. The fraction of sp³-hybridized carbons (Fsp3) is 0.111. The van der Waals surface area contributed by atoms with Gasteiger partial charge in [-0.25, -0.2) is 4.79 Å². The molecule has 0 aliphatic heterocycles. The number of hydrogen-bond acceptors (Lipinski definition) is 3. The Hall–Kier alpha value is -2.79. The SMILES string of the molecule is C[C@@H](OC(=O)c1c[nH]c2ccccc12)C(=O)Nc1ccc(Cl)cc1. The van der Waals surface area contributed by atoms with Crippen LogP contribution in [0.1, 0.15) is 17.3 Å². The zero-order valence-electron chi connectivity index (χ0n) is 12.9. The zero-order chi connectivity index (χ0) is 17.1. The number of halogens is 1. The fourth-order valence-corrected chi connectivity index (χ4v) is 2.42. The Labute approximate surface area is 143 Å². The summed E-state index contributed by atoms with van der Waals surface area (Å²) < 4.78 is 5.26. The van der Waals surface area contributed by atoms with E-state index in [1.807, 2.05) is 24.3 Å². The number of benzene rings is 2. The molecule has 5 nitrogen and oxygen atoms in total. The number of aromatic nitrogens is 1. The van der Waals surface area contributed by atoms with Gasteiger partial charge in [0.05, 0.1) is 5.56 Å². The maximum Gasteiger partial charge on any atom is 0.341 e. The highest BCUT2D eigenvalue weighted by Crippen LogP contribution is 2.19. The summed E-state index contributed by atoms with van der Waals surface area (Å²) in [6.45, 7) is 1.53. The minimum Gasteiger partial charge on any atom is -0.449 e. The quantitative estimate of drug-likeness (QED) is 0.704. The molecule has 0 unspecified atom stereocenters. The molecule has 0 saturated carbocycles. The monoisotopic (exact) mass is 342 g/mol. The van der Waals surface area contributed by atoms with Crippen molar-refractivity contribution < 1.29 is 14.3 Å². The molecule has 2 N–H and O–H groups in total. The number of anilines is 1. The maximum absolute atomic E-state index is 12.3. The predicted molar refractivity (Wildman–Crippen MR) is 93.3 cm³/mol. The Balaban J connectivity index is 1.67. The van der Waals surface area contributed by atoms with Gasteiger partial charge in [0.2, 0.25) is 0 Å². The highest BCUT2D eigenvalue weighted by Gasteiger charge is 2.21. The molecular formula is C18H15ClN2O3. The lowest BCUT2D eigenvalue weighted by molar-refractivity contribution is -0.123. The minimum absolute atomic E-state index is 0.400. The number of carbonyl (C=O) groups excluding carboxylic acids is 2. The van der Waals surface area contributed by atoms with E-state index in [-0.39, 0.29) is 0 Å². The van der Waals surface area contributed by atoms with Crippen LogP contribution in [0.15, 0.2) is 54.7 Å². The van der Waals surface area contributed by atoms with Crippen LogP contribution in [0.5, 0.6) is 0 Å². The number of rotatable bonds is 4. The second-order valence-corrected chi connectivity index (χ2v) is 5.73. The van der Waals surface area contributed by atoms with Crippen molar-refractivity contribution in [1.82, 2.24) is 4.98 Å². The standard InChI is InChI=1S/C18H15ClN2O3/c1-11(17(22)21-13-8-6-12(19)7-9-13)24-18(23)15-10-20-16-5-3-2-4-14(15)16/h2-11,20H,1H3,(H,21,22)/t11-/m1/s1. The number of ether oxygens (including phenoxy) is 1. The van der Waals surface area contributed by atoms with Gasteiger partial charge in [-0.2, -0.15) is 0 Å². The lowest BCUT2D eigenvalue weighted by Gasteiger charge is -2.13. The Morgan fingerprint density at radius 2 is 1.83 bits per heavy atom. The molecule has 0 aliphatic rings. The summed E-state index contributed by atoms with van der Waals surface area (Å²) in [5.41, 5.74) is 1.82. The number of hydrogen-bond donors (Lipinski definition) is 2. The lowest BCUT2D eigenvalue weighted by Crippen LogP contribution is -2.29. The Kier molecular flexibility index (Phi) is 4.53. The lowest BCUT2D eigenvalue weighted by atomic mass is 10.2.